The van der Waals surface area contributed by atoms with Gasteiger partial charge in [0.2, 0.25) is 0 Å². The van der Waals surface area contributed by atoms with Gasteiger partial charge in [-0.15, -0.1) is 0 Å². The van der Waals surface area contributed by atoms with E-state index in [1.54, 1.807) is 24.3 Å². The molecule has 0 aliphatic rings. The van der Waals surface area contributed by atoms with Crippen LogP contribution >= 0.6 is 0 Å². The standard InChI is InChI=1S/2C25H38O4.2C8H17.Sn/c2*1-2-3-4-5-6-7-8-9-10-11-12-13-14-15-18-21-29-25(28)23-20-17-16-19-22(23)24(26)27;2*1-3-5-7-8-6-4-2;/h2*14-17,19-20H,2-13,18,21H2,1H3,(H,26,27);2*1,3-8H2,2H3;/q;;;;+2/p-2/b2*15-14+;;;. The average Bonchev–Trinajstić information content (AvgIpc) is 3.41. The molecule has 75 heavy (non-hydrogen) atoms. The second-order valence-corrected chi connectivity index (χ2v) is 19.6. The van der Waals surface area contributed by atoms with Gasteiger partial charge in [0.15, 0.2) is 0 Å². The van der Waals surface area contributed by atoms with E-state index in [0.717, 1.165) is 25.7 Å². The topological polar surface area (TPSA) is 133 Å². The number of hydrogen-bond acceptors (Lipinski definition) is 8. The molecule has 4 radical (unpaired) electrons. The van der Waals surface area contributed by atoms with Crippen molar-refractivity contribution in [1.82, 2.24) is 0 Å². The summed E-state index contributed by atoms with van der Waals surface area (Å²) in [5, 5.41) is 22.0. The van der Waals surface area contributed by atoms with E-state index >= 15 is 0 Å². The Labute approximate surface area is 477 Å². The Morgan fingerprint density at radius 2 is 0.587 bits per heavy atom. The number of carboxylic acid groups (broad SMARTS) is 2. The Balaban J connectivity index is -0.00000106. The molecule has 424 valence electrons. The third-order valence-electron chi connectivity index (χ3n) is 12.8. The number of allylic oxidation sites excluding steroid dienone is 2. The summed E-state index contributed by atoms with van der Waals surface area (Å²) in [6, 6.07) is 11.9. The number of benzene rings is 2. The third kappa shape index (κ3) is 51.1. The zero-order chi connectivity index (χ0) is 54.8. The number of carbonyl (C=O) groups is 4. The second-order valence-electron chi connectivity index (χ2n) is 19.6. The molecule has 0 aliphatic heterocycles. The molecule has 2 rings (SSSR count). The molecule has 0 fully saturated rings. The summed E-state index contributed by atoms with van der Waals surface area (Å²) in [5.74, 6) is -3.99. The zero-order valence-electron chi connectivity index (χ0n) is 48.4. The summed E-state index contributed by atoms with van der Waals surface area (Å²) in [6.07, 6.45) is 57.2. The fourth-order valence-electron chi connectivity index (χ4n) is 8.16. The van der Waals surface area contributed by atoms with Crippen molar-refractivity contribution in [2.75, 3.05) is 13.2 Å². The largest absolute Gasteiger partial charge is 2.00 e. The fraction of sp³-hybridized carbons (Fsp3) is 0.667. The first-order chi connectivity index (χ1) is 36.2. The molecule has 0 spiro atoms. The summed E-state index contributed by atoms with van der Waals surface area (Å²) < 4.78 is 10.3. The molecular weight excluding hydrogens is 1040 g/mol. The Hall–Kier alpha value is -3.40. The van der Waals surface area contributed by atoms with Gasteiger partial charge in [0, 0.05) is 11.1 Å². The third-order valence-corrected chi connectivity index (χ3v) is 12.8. The van der Waals surface area contributed by atoms with Crippen LogP contribution in [0.15, 0.2) is 72.8 Å². The predicted octanol–water partition coefficient (Wildman–Crippen LogP) is 17.7. The van der Waals surface area contributed by atoms with Crippen LogP contribution in [0.3, 0.4) is 0 Å². The molecule has 0 amide bonds. The van der Waals surface area contributed by atoms with Crippen molar-refractivity contribution in [2.24, 2.45) is 0 Å². The second kappa shape index (κ2) is 61.5. The summed E-state index contributed by atoms with van der Waals surface area (Å²) in [6.45, 7) is 17.0. The minimum Gasteiger partial charge on any atom is -0.545 e. The number of unbranched alkanes of at least 4 members (excludes halogenated alkanes) is 32. The summed E-state index contributed by atoms with van der Waals surface area (Å²) in [5.41, 5.74) is -0.191. The maximum Gasteiger partial charge on any atom is 2.00 e. The molecule has 0 unspecified atom stereocenters. The number of rotatable bonds is 44. The molecule has 0 atom stereocenters. The molecule has 0 heterocycles. The van der Waals surface area contributed by atoms with Crippen LogP contribution in [0, 0.1) is 13.8 Å². The summed E-state index contributed by atoms with van der Waals surface area (Å²) in [7, 11) is 0. The van der Waals surface area contributed by atoms with Gasteiger partial charge >= 0.3 is 35.8 Å². The van der Waals surface area contributed by atoms with Gasteiger partial charge in [-0.2, -0.15) is 0 Å². The molecule has 0 aromatic heterocycles. The first kappa shape index (κ1) is 75.8. The molecule has 8 nitrogen and oxygen atoms in total. The van der Waals surface area contributed by atoms with Crippen molar-refractivity contribution in [3.8, 4) is 0 Å². The molecule has 2 aromatic carbocycles. The van der Waals surface area contributed by atoms with Crippen LogP contribution in [0.1, 0.15) is 313 Å². The predicted molar refractivity (Wildman–Crippen MR) is 315 cm³/mol. The number of carbonyl (C=O) groups excluding carboxylic acids is 4. The zero-order valence-corrected chi connectivity index (χ0v) is 51.2. The van der Waals surface area contributed by atoms with Gasteiger partial charge in [-0.3, -0.25) is 0 Å². The van der Waals surface area contributed by atoms with Gasteiger partial charge in [-0.1, -0.05) is 308 Å². The van der Waals surface area contributed by atoms with Gasteiger partial charge in [-0.05, 0) is 50.7 Å². The summed E-state index contributed by atoms with van der Waals surface area (Å²) in [4.78, 5) is 46.0. The Morgan fingerprint density at radius 1 is 0.360 bits per heavy atom. The van der Waals surface area contributed by atoms with E-state index in [2.05, 4.69) is 53.7 Å². The van der Waals surface area contributed by atoms with Gasteiger partial charge in [0.1, 0.15) is 0 Å². The normalized spacial score (nSPS) is 10.6. The Bertz CT molecular complexity index is 1510. The van der Waals surface area contributed by atoms with Gasteiger partial charge in [0.05, 0.1) is 36.3 Å². The minimum absolute atomic E-state index is 0. The summed E-state index contributed by atoms with van der Waals surface area (Å²) >= 11 is 0. The monoisotopic (exact) mass is 1150 g/mol. The number of aromatic carboxylic acids is 2. The van der Waals surface area contributed by atoms with Crippen LogP contribution in [-0.2, 0) is 9.47 Å². The van der Waals surface area contributed by atoms with Crippen molar-refractivity contribution < 1.29 is 38.9 Å². The van der Waals surface area contributed by atoms with Gasteiger partial charge < -0.3 is 29.3 Å². The molecule has 0 saturated heterocycles. The average molecular weight is 1150 g/mol. The quantitative estimate of drug-likeness (QED) is 0.0277. The molecule has 0 aliphatic carbocycles. The Morgan fingerprint density at radius 3 is 0.840 bits per heavy atom. The van der Waals surface area contributed by atoms with E-state index in [0.29, 0.717) is 12.8 Å². The van der Waals surface area contributed by atoms with E-state index in [1.165, 1.54) is 230 Å². The number of hydrogen-bond donors (Lipinski definition) is 0. The van der Waals surface area contributed by atoms with Crippen molar-refractivity contribution in [2.45, 2.75) is 272 Å². The minimum atomic E-state index is -1.37. The first-order valence-corrected chi connectivity index (χ1v) is 30.0. The van der Waals surface area contributed by atoms with E-state index in [4.69, 9.17) is 9.47 Å². The smallest absolute Gasteiger partial charge is 0.545 e. The molecule has 0 saturated carbocycles. The van der Waals surface area contributed by atoms with Crippen LogP contribution in [0.5, 0.6) is 0 Å². The first-order valence-electron chi connectivity index (χ1n) is 30.0. The van der Waals surface area contributed by atoms with Crippen LogP contribution < -0.4 is 10.2 Å². The van der Waals surface area contributed by atoms with E-state index in [-0.39, 0.29) is 59.4 Å². The number of carboxylic acids is 2. The fourth-order valence-corrected chi connectivity index (χ4v) is 8.16. The molecule has 9 heteroatoms. The number of esters is 2. The van der Waals surface area contributed by atoms with Gasteiger partial charge in [-0.25, -0.2) is 9.59 Å². The van der Waals surface area contributed by atoms with Crippen molar-refractivity contribution >= 4 is 47.8 Å². The molecule has 2 aromatic rings. The van der Waals surface area contributed by atoms with Crippen LogP contribution in [-0.4, -0.2) is 61.0 Å². The van der Waals surface area contributed by atoms with Gasteiger partial charge in [0.25, 0.3) is 0 Å². The van der Waals surface area contributed by atoms with E-state index in [1.807, 2.05) is 12.2 Å². The van der Waals surface area contributed by atoms with Crippen LogP contribution in [0.2, 0.25) is 0 Å². The van der Waals surface area contributed by atoms with Crippen molar-refractivity contribution in [3.05, 3.63) is 109 Å². The molecule has 0 N–H and O–H groups in total. The molecule has 0 bridgehead atoms. The van der Waals surface area contributed by atoms with E-state index in [9.17, 15) is 29.4 Å². The van der Waals surface area contributed by atoms with Crippen LogP contribution in [0.25, 0.3) is 0 Å². The van der Waals surface area contributed by atoms with E-state index < -0.39 is 23.9 Å². The van der Waals surface area contributed by atoms with Crippen LogP contribution in [0.4, 0.5) is 0 Å². The van der Waals surface area contributed by atoms with Crippen molar-refractivity contribution in [3.63, 3.8) is 0 Å². The maximum absolute atomic E-state index is 12.0. The molecular formula is C66H108O8Sn. The SMILES string of the molecule is CCCCCCCCCCCCC/C=C/CCOC(=O)c1ccccc1C(=O)[O-].CCCCCCCCCCCCC/C=C/CCOC(=O)c1ccccc1C(=O)[O-].[CH2]CCCCCCC.[CH2]CCCCCCC.[Sn+2]. The van der Waals surface area contributed by atoms with Crippen molar-refractivity contribution in [1.29, 1.82) is 0 Å². The number of ether oxygens (including phenoxy) is 2. The maximum atomic E-state index is 12.0. The Kier molecular flexibility index (Phi) is 62.1.